The fourth-order valence-electron chi connectivity index (χ4n) is 6.60. The molecular weight excluding hydrogens is 682 g/mol. The third-order valence-electron chi connectivity index (χ3n) is 9.58. The second kappa shape index (κ2) is 22.7. The predicted molar refractivity (Wildman–Crippen MR) is 211 cm³/mol. The first-order valence-electron chi connectivity index (χ1n) is 19.6. The Hall–Kier alpha value is -4.47. The van der Waals surface area contributed by atoms with Gasteiger partial charge in [0.25, 0.3) is 0 Å². The molecule has 1 fully saturated rings. The van der Waals surface area contributed by atoms with E-state index in [2.05, 4.69) is 49.2 Å². The average molecular weight is 742 g/mol. The van der Waals surface area contributed by atoms with E-state index in [0.717, 1.165) is 66.5 Å². The molecule has 0 saturated carbocycles. The van der Waals surface area contributed by atoms with Crippen LogP contribution in [0.3, 0.4) is 0 Å². The summed E-state index contributed by atoms with van der Waals surface area (Å²) in [4.78, 5) is 27.7. The number of aromatic hydroxyl groups is 1. The van der Waals surface area contributed by atoms with Gasteiger partial charge in [0.15, 0.2) is 6.29 Å². The van der Waals surface area contributed by atoms with Crippen molar-refractivity contribution in [2.24, 2.45) is 11.3 Å². The second-order valence-electron chi connectivity index (χ2n) is 14.3. The number of benzene rings is 2. The molecule has 0 unspecified atom stereocenters. The lowest BCUT2D eigenvalue weighted by Gasteiger charge is -2.43. The van der Waals surface area contributed by atoms with Gasteiger partial charge in [-0.15, -0.1) is 0 Å². The summed E-state index contributed by atoms with van der Waals surface area (Å²) in [6, 6.07) is 19.6. The number of nitrogens with zero attached hydrogens (tertiary/aromatic N) is 1. The summed E-state index contributed by atoms with van der Waals surface area (Å²) < 4.78 is 29.2. The maximum absolute atomic E-state index is 11.7. The second-order valence-corrected chi connectivity index (χ2v) is 14.3. The van der Waals surface area contributed by atoms with Crippen LogP contribution in [0.5, 0.6) is 11.5 Å². The van der Waals surface area contributed by atoms with Gasteiger partial charge in [0.1, 0.15) is 11.5 Å². The molecule has 9 heteroatoms. The van der Waals surface area contributed by atoms with Crippen molar-refractivity contribution in [1.29, 1.82) is 0 Å². The fourth-order valence-corrected chi connectivity index (χ4v) is 6.60. The number of phenols is 1. The van der Waals surface area contributed by atoms with E-state index in [1.807, 2.05) is 62.5 Å². The molecule has 0 bridgehead atoms. The number of para-hydroxylation sites is 1. The van der Waals surface area contributed by atoms with Crippen LogP contribution in [0.1, 0.15) is 115 Å². The van der Waals surface area contributed by atoms with E-state index < -0.39 is 6.29 Å². The molecule has 0 radical (unpaired) electrons. The van der Waals surface area contributed by atoms with Gasteiger partial charge in [-0.2, -0.15) is 0 Å². The van der Waals surface area contributed by atoms with Crippen molar-refractivity contribution in [1.82, 2.24) is 4.98 Å². The van der Waals surface area contributed by atoms with Crippen molar-refractivity contribution >= 4 is 17.5 Å². The minimum Gasteiger partial charge on any atom is -0.508 e. The summed E-state index contributed by atoms with van der Waals surface area (Å²) in [6.07, 6.45) is 16.5. The number of carbonyl (C=O) groups is 2. The average Bonchev–Trinajstić information content (AvgIpc) is 3.17. The number of allylic oxidation sites excluding steroid dienone is 3. The van der Waals surface area contributed by atoms with Gasteiger partial charge in [0.05, 0.1) is 32.5 Å². The van der Waals surface area contributed by atoms with E-state index in [1.165, 1.54) is 0 Å². The zero-order chi connectivity index (χ0) is 38.6. The lowest BCUT2D eigenvalue weighted by atomic mass is 9.84. The Morgan fingerprint density at radius 1 is 0.870 bits per heavy atom. The van der Waals surface area contributed by atoms with Gasteiger partial charge >= 0.3 is 11.9 Å². The van der Waals surface area contributed by atoms with Crippen molar-refractivity contribution in [3.8, 4) is 11.5 Å². The number of aromatic nitrogens is 1. The molecule has 3 aromatic rings. The van der Waals surface area contributed by atoms with Gasteiger partial charge in [-0.05, 0) is 101 Å². The lowest BCUT2D eigenvalue weighted by molar-refractivity contribution is -0.279. The van der Waals surface area contributed by atoms with E-state index in [1.54, 1.807) is 12.3 Å². The molecule has 4 rings (SSSR count). The number of hydrogen-bond acceptors (Lipinski definition) is 9. The summed E-state index contributed by atoms with van der Waals surface area (Å²) >= 11 is 0. The highest BCUT2D eigenvalue weighted by atomic mass is 16.7. The smallest absolute Gasteiger partial charge is 0.306 e. The Morgan fingerprint density at radius 3 is 2.35 bits per heavy atom. The van der Waals surface area contributed by atoms with Crippen LogP contribution < -0.4 is 4.74 Å². The number of esters is 2. The van der Waals surface area contributed by atoms with Gasteiger partial charge in [-0.25, -0.2) is 0 Å². The molecule has 3 atom stereocenters. The molecule has 0 spiro atoms. The number of ether oxygens (including phenoxy) is 5. The van der Waals surface area contributed by atoms with Gasteiger partial charge in [0.2, 0.25) is 0 Å². The standard InChI is InChI=1S/C45H59NO8/c1-5-50-41(48)23-11-7-9-18-36-33-53-44(54-43(36)39-21-13-14-22-40(39)47)45(3,4)29-15-16-31-52-37-27-25-34(26-28-37)38(35-19-17-30-46-32-35)20-10-8-12-24-42(49)51-6-2/h7,9,13-14,17,19-22,25-28,30,32,36,43-44,47H,5-6,8,10-12,15-16,18,23-24,29,31,33H2,1-4H3/b9-7-,38-20+/t36-,43+,44+/m1/s1. The topological polar surface area (TPSA) is 113 Å². The van der Waals surface area contributed by atoms with E-state index in [0.29, 0.717) is 52.1 Å². The number of carbonyl (C=O) groups excluding carboxylic acids is 2. The molecule has 9 nitrogen and oxygen atoms in total. The summed E-state index contributed by atoms with van der Waals surface area (Å²) in [7, 11) is 0. The fraction of sp³-hybridized carbons (Fsp3) is 0.489. The molecule has 0 aliphatic carbocycles. The van der Waals surface area contributed by atoms with E-state index in [-0.39, 0.29) is 35.1 Å². The third-order valence-corrected chi connectivity index (χ3v) is 9.58. The van der Waals surface area contributed by atoms with Crippen LogP contribution in [0.25, 0.3) is 5.57 Å². The molecular formula is C45H59NO8. The monoisotopic (exact) mass is 741 g/mol. The molecule has 292 valence electrons. The van der Waals surface area contributed by atoms with Crippen molar-refractivity contribution < 1.29 is 38.4 Å². The summed E-state index contributed by atoms with van der Waals surface area (Å²) in [5.74, 6) is 0.724. The molecule has 54 heavy (non-hydrogen) atoms. The molecule has 1 aliphatic heterocycles. The molecule has 2 aromatic carbocycles. The highest BCUT2D eigenvalue weighted by Gasteiger charge is 2.40. The van der Waals surface area contributed by atoms with Gasteiger partial charge in [-0.3, -0.25) is 14.6 Å². The largest absolute Gasteiger partial charge is 0.508 e. The number of hydrogen-bond donors (Lipinski definition) is 1. The summed E-state index contributed by atoms with van der Waals surface area (Å²) in [5.41, 5.74) is 3.74. The Morgan fingerprint density at radius 2 is 1.63 bits per heavy atom. The lowest BCUT2D eigenvalue weighted by Crippen LogP contribution is -2.43. The minimum absolute atomic E-state index is 0.0164. The van der Waals surface area contributed by atoms with Crippen molar-refractivity contribution in [3.63, 3.8) is 0 Å². The highest BCUT2D eigenvalue weighted by Crippen LogP contribution is 2.43. The van der Waals surface area contributed by atoms with E-state index in [9.17, 15) is 14.7 Å². The maximum Gasteiger partial charge on any atom is 0.306 e. The molecule has 0 amide bonds. The number of unbranched alkanes of at least 4 members (excludes halogenated alkanes) is 3. The van der Waals surface area contributed by atoms with Crippen molar-refractivity contribution in [3.05, 3.63) is 108 Å². The molecule has 1 aromatic heterocycles. The van der Waals surface area contributed by atoms with E-state index in [4.69, 9.17) is 23.7 Å². The van der Waals surface area contributed by atoms with Crippen molar-refractivity contribution in [2.45, 2.75) is 104 Å². The van der Waals surface area contributed by atoms with E-state index >= 15 is 0 Å². The normalized spacial score (nSPS) is 17.7. The Labute approximate surface area is 321 Å². The molecule has 1 saturated heterocycles. The minimum atomic E-state index is -0.431. The number of phenolic OH excluding ortho intramolecular Hbond substituents is 1. The van der Waals surface area contributed by atoms with Crippen LogP contribution in [-0.2, 0) is 28.5 Å². The number of rotatable bonds is 22. The quantitative estimate of drug-likeness (QED) is 0.0611. The van der Waals surface area contributed by atoms with Gasteiger partial charge < -0.3 is 28.8 Å². The van der Waals surface area contributed by atoms with Crippen LogP contribution in [-0.4, -0.2) is 54.7 Å². The highest BCUT2D eigenvalue weighted by molar-refractivity contribution is 5.79. The summed E-state index contributed by atoms with van der Waals surface area (Å²) in [6.45, 7) is 9.88. The van der Waals surface area contributed by atoms with Crippen molar-refractivity contribution in [2.75, 3.05) is 26.4 Å². The molecule has 1 N–H and O–H groups in total. The Balaban J connectivity index is 1.26. The number of pyridine rings is 1. The van der Waals surface area contributed by atoms with Crippen LogP contribution in [0.4, 0.5) is 0 Å². The Kier molecular flexibility index (Phi) is 17.8. The van der Waals surface area contributed by atoms with Crippen LogP contribution in [0.2, 0.25) is 0 Å². The first kappa shape index (κ1) is 42.3. The van der Waals surface area contributed by atoms with Gasteiger partial charge in [-0.1, -0.05) is 68.5 Å². The zero-order valence-electron chi connectivity index (χ0n) is 32.5. The molecule has 1 aliphatic rings. The van der Waals surface area contributed by atoms with Crippen LogP contribution >= 0.6 is 0 Å². The summed E-state index contributed by atoms with van der Waals surface area (Å²) in [5, 5.41) is 10.7. The van der Waals surface area contributed by atoms with Gasteiger partial charge in [0, 0.05) is 47.7 Å². The maximum atomic E-state index is 11.7. The molecule has 2 heterocycles. The van der Waals surface area contributed by atoms with Crippen LogP contribution in [0, 0.1) is 11.3 Å². The predicted octanol–water partition coefficient (Wildman–Crippen LogP) is 9.94. The Bertz CT molecular complexity index is 1620. The first-order chi connectivity index (χ1) is 26.2. The SMILES string of the molecule is CCOC(=O)CC/C=C\C[C@@H]1CO[C@H](C(C)(C)CCCCOc2ccc(/C(=C\CCCCC(=O)OCC)c3cccnc3)cc2)O[C@@H]1c1ccccc1O. The third kappa shape index (κ3) is 13.7. The zero-order valence-corrected chi connectivity index (χ0v) is 32.5. The first-order valence-corrected chi connectivity index (χ1v) is 19.6. The van der Waals surface area contributed by atoms with Crippen LogP contribution in [0.15, 0.2) is 91.3 Å².